The molecule has 0 aliphatic heterocycles. The Morgan fingerprint density at radius 2 is 1.19 bits per heavy atom. The Morgan fingerprint density at radius 3 is 1.97 bits per heavy atom. The van der Waals surface area contributed by atoms with Crippen LogP contribution in [0.1, 0.15) is 11.1 Å². The quantitative estimate of drug-likeness (QED) is 0.261. The highest BCUT2D eigenvalue weighted by Crippen LogP contribution is 2.45. The van der Waals surface area contributed by atoms with Crippen LogP contribution >= 0.6 is 0 Å². The van der Waals surface area contributed by atoms with Crippen molar-refractivity contribution in [1.82, 2.24) is 4.98 Å². The third-order valence-corrected chi connectivity index (χ3v) is 6.54. The molecule has 1 nitrogen and oxygen atoms in total. The van der Waals surface area contributed by atoms with Crippen molar-refractivity contribution in [2.75, 3.05) is 0 Å². The van der Waals surface area contributed by atoms with Gasteiger partial charge in [0.05, 0.1) is 0 Å². The lowest BCUT2D eigenvalue weighted by molar-refractivity contribution is 1.36. The van der Waals surface area contributed by atoms with Crippen LogP contribution in [0.25, 0.3) is 54.6 Å². The van der Waals surface area contributed by atoms with Crippen LogP contribution in [-0.2, 0) is 0 Å². The van der Waals surface area contributed by atoms with Crippen LogP contribution in [0.3, 0.4) is 0 Å². The SMILES string of the molecule is Cc1ccc(-c2c3ccccc3c(-c3cccc4ccccc34)c3ccncc23)c(C)c1. The molecule has 0 atom stereocenters. The van der Waals surface area contributed by atoms with E-state index in [0.29, 0.717) is 0 Å². The summed E-state index contributed by atoms with van der Waals surface area (Å²) in [5.41, 5.74) is 7.66. The van der Waals surface area contributed by atoms with Crippen molar-refractivity contribution in [3.8, 4) is 22.3 Å². The van der Waals surface area contributed by atoms with E-state index in [-0.39, 0.29) is 0 Å². The number of aryl methyl sites for hydroxylation is 2. The summed E-state index contributed by atoms with van der Waals surface area (Å²) in [5.74, 6) is 0. The van der Waals surface area contributed by atoms with Gasteiger partial charge in [-0.2, -0.15) is 0 Å². The summed E-state index contributed by atoms with van der Waals surface area (Å²) in [6, 6.07) is 33.0. The summed E-state index contributed by atoms with van der Waals surface area (Å²) in [6.07, 6.45) is 3.95. The van der Waals surface area contributed by atoms with E-state index in [2.05, 4.69) is 110 Å². The lowest BCUT2D eigenvalue weighted by Crippen LogP contribution is -1.93. The summed E-state index contributed by atoms with van der Waals surface area (Å²) >= 11 is 0. The average molecular weight is 410 g/mol. The highest BCUT2D eigenvalue weighted by Gasteiger charge is 2.18. The maximum atomic E-state index is 4.55. The van der Waals surface area contributed by atoms with E-state index in [9.17, 15) is 0 Å². The maximum absolute atomic E-state index is 4.55. The Labute approximate surface area is 188 Å². The van der Waals surface area contributed by atoms with Gasteiger partial charge in [0.15, 0.2) is 0 Å². The molecule has 32 heavy (non-hydrogen) atoms. The van der Waals surface area contributed by atoms with E-state index >= 15 is 0 Å². The monoisotopic (exact) mass is 409 g/mol. The minimum Gasteiger partial charge on any atom is -0.264 e. The molecule has 6 aromatic rings. The summed E-state index contributed by atoms with van der Waals surface area (Å²) in [5, 5.41) is 7.51. The number of benzene rings is 5. The third kappa shape index (κ3) is 2.82. The molecule has 1 heteroatoms. The van der Waals surface area contributed by atoms with E-state index in [0.717, 1.165) is 0 Å². The number of aromatic nitrogens is 1. The van der Waals surface area contributed by atoms with Crippen LogP contribution in [-0.4, -0.2) is 4.98 Å². The Kier molecular flexibility index (Phi) is 4.29. The molecule has 0 amide bonds. The van der Waals surface area contributed by atoms with Gasteiger partial charge in [-0.1, -0.05) is 90.5 Å². The summed E-state index contributed by atoms with van der Waals surface area (Å²) < 4.78 is 0. The molecule has 0 fully saturated rings. The van der Waals surface area contributed by atoms with Crippen molar-refractivity contribution in [1.29, 1.82) is 0 Å². The molecule has 0 radical (unpaired) electrons. The molecule has 1 aromatic heterocycles. The Hall–Kier alpha value is -3.97. The third-order valence-electron chi connectivity index (χ3n) is 6.54. The van der Waals surface area contributed by atoms with Crippen molar-refractivity contribution in [2.24, 2.45) is 0 Å². The minimum absolute atomic E-state index is 1.20. The molecule has 0 saturated carbocycles. The van der Waals surface area contributed by atoms with Gasteiger partial charge in [0, 0.05) is 17.8 Å². The topological polar surface area (TPSA) is 12.9 Å². The van der Waals surface area contributed by atoms with Crippen molar-refractivity contribution >= 4 is 32.3 Å². The largest absolute Gasteiger partial charge is 0.264 e. The molecule has 0 unspecified atom stereocenters. The molecular weight excluding hydrogens is 386 g/mol. The summed E-state index contributed by atoms with van der Waals surface area (Å²) in [6.45, 7) is 4.36. The number of nitrogens with zero attached hydrogens (tertiary/aromatic N) is 1. The zero-order valence-electron chi connectivity index (χ0n) is 18.3. The summed E-state index contributed by atoms with van der Waals surface area (Å²) in [4.78, 5) is 4.55. The van der Waals surface area contributed by atoms with Gasteiger partial charge >= 0.3 is 0 Å². The van der Waals surface area contributed by atoms with Crippen molar-refractivity contribution in [3.05, 3.63) is 115 Å². The van der Waals surface area contributed by atoms with Gasteiger partial charge < -0.3 is 0 Å². The molecule has 0 spiro atoms. The number of hydrogen-bond donors (Lipinski definition) is 0. The fourth-order valence-corrected chi connectivity index (χ4v) is 5.14. The molecule has 0 bridgehead atoms. The molecule has 152 valence electrons. The maximum Gasteiger partial charge on any atom is 0.0353 e. The van der Waals surface area contributed by atoms with Crippen molar-refractivity contribution in [2.45, 2.75) is 13.8 Å². The number of pyridine rings is 1. The summed E-state index contributed by atoms with van der Waals surface area (Å²) in [7, 11) is 0. The molecule has 6 rings (SSSR count). The van der Waals surface area contributed by atoms with E-state index in [1.165, 1.54) is 65.7 Å². The fraction of sp³-hybridized carbons (Fsp3) is 0.0645. The van der Waals surface area contributed by atoms with Crippen LogP contribution in [0.15, 0.2) is 103 Å². The molecular formula is C31H23N. The Bertz CT molecular complexity index is 1580. The van der Waals surface area contributed by atoms with Crippen LogP contribution < -0.4 is 0 Å². The first kappa shape index (κ1) is 18.8. The van der Waals surface area contributed by atoms with Gasteiger partial charge in [0.1, 0.15) is 0 Å². The van der Waals surface area contributed by atoms with E-state index in [4.69, 9.17) is 0 Å². The first-order valence-electron chi connectivity index (χ1n) is 11.1. The second kappa shape index (κ2) is 7.32. The van der Waals surface area contributed by atoms with Crippen molar-refractivity contribution < 1.29 is 0 Å². The second-order valence-corrected chi connectivity index (χ2v) is 8.56. The fourth-order valence-electron chi connectivity index (χ4n) is 5.14. The molecule has 0 aliphatic carbocycles. The number of hydrogen-bond acceptors (Lipinski definition) is 1. The lowest BCUT2D eigenvalue weighted by atomic mass is 9.84. The van der Waals surface area contributed by atoms with Crippen LogP contribution in [0, 0.1) is 13.8 Å². The molecule has 0 N–H and O–H groups in total. The predicted octanol–water partition coefficient (Wildman–Crippen LogP) is 8.49. The Morgan fingerprint density at radius 1 is 0.531 bits per heavy atom. The minimum atomic E-state index is 1.20. The van der Waals surface area contributed by atoms with Crippen LogP contribution in [0.2, 0.25) is 0 Å². The smallest absolute Gasteiger partial charge is 0.0353 e. The molecule has 1 heterocycles. The van der Waals surface area contributed by atoms with Crippen LogP contribution in [0.5, 0.6) is 0 Å². The van der Waals surface area contributed by atoms with E-state index in [1.54, 1.807) is 0 Å². The van der Waals surface area contributed by atoms with Gasteiger partial charge in [0.2, 0.25) is 0 Å². The molecule has 5 aromatic carbocycles. The normalized spacial score (nSPS) is 11.4. The number of rotatable bonds is 2. The zero-order chi connectivity index (χ0) is 21.7. The average Bonchev–Trinajstić information content (AvgIpc) is 2.83. The first-order chi connectivity index (χ1) is 15.7. The Balaban J connectivity index is 1.83. The van der Waals surface area contributed by atoms with E-state index < -0.39 is 0 Å². The predicted molar refractivity (Wildman–Crippen MR) is 137 cm³/mol. The second-order valence-electron chi connectivity index (χ2n) is 8.56. The first-order valence-corrected chi connectivity index (χ1v) is 11.1. The van der Waals surface area contributed by atoms with Gasteiger partial charge in [-0.05, 0) is 74.7 Å². The van der Waals surface area contributed by atoms with Gasteiger partial charge in [-0.15, -0.1) is 0 Å². The highest BCUT2D eigenvalue weighted by atomic mass is 14.6. The zero-order valence-corrected chi connectivity index (χ0v) is 18.3. The number of fused-ring (bicyclic) bond motifs is 3. The molecule has 0 saturated heterocycles. The van der Waals surface area contributed by atoms with Gasteiger partial charge in [-0.3, -0.25) is 4.98 Å². The van der Waals surface area contributed by atoms with Gasteiger partial charge in [-0.25, -0.2) is 0 Å². The van der Waals surface area contributed by atoms with Crippen LogP contribution in [0.4, 0.5) is 0 Å². The standard InChI is InChI=1S/C31H23N/c1-20-14-15-23(21(2)18-20)30-26-11-5-6-12-27(26)31(28-16-17-32-19-29(28)30)25-13-7-9-22-8-3-4-10-24(22)25/h3-19H,1-2H3. The van der Waals surface area contributed by atoms with Crippen molar-refractivity contribution in [3.63, 3.8) is 0 Å². The highest BCUT2D eigenvalue weighted by molar-refractivity contribution is 6.23. The van der Waals surface area contributed by atoms with E-state index in [1.807, 2.05) is 12.4 Å². The van der Waals surface area contributed by atoms with Gasteiger partial charge in [0.25, 0.3) is 0 Å². The lowest BCUT2D eigenvalue weighted by Gasteiger charge is -2.19. The molecule has 0 aliphatic rings.